The van der Waals surface area contributed by atoms with Crippen molar-refractivity contribution >= 4 is 11.8 Å². The molecule has 0 spiro atoms. The Bertz CT molecular complexity index is 596. The van der Waals surface area contributed by atoms with E-state index >= 15 is 0 Å². The first-order chi connectivity index (χ1) is 12.3. The lowest BCUT2D eigenvalue weighted by Crippen LogP contribution is -2.41. The molecule has 0 saturated carbocycles. The summed E-state index contributed by atoms with van der Waals surface area (Å²) in [5, 5.41) is 2.87. The van der Waals surface area contributed by atoms with Crippen LogP contribution in [0.4, 0.5) is 0 Å². The monoisotopic (exact) mass is 360 g/mol. The van der Waals surface area contributed by atoms with Gasteiger partial charge >= 0.3 is 0 Å². The molecule has 2 amide bonds. The number of likely N-dealkylation sites (tertiary alicyclic amines) is 1. The van der Waals surface area contributed by atoms with Crippen molar-refractivity contribution in [1.82, 2.24) is 10.2 Å². The minimum absolute atomic E-state index is 0.0712. The van der Waals surface area contributed by atoms with Crippen molar-refractivity contribution in [1.29, 1.82) is 0 Å². The quantitative estimate of drug-likeness (QED) is 0.810. The molecule has 5 heteroatoms. The molecule has 1 N–H and O–H groups in total. The van der Waals surface area contributed by atoms with Crippen LogP contribution in [0.2, 0.25) is 0 Å². The molecule has 0 aliphatic carbocycles. The van der Waals surface area contributed by atoms with Gasteiger partial charge in [0.25, 0.3) is 5.91 Å². The third-order valence-corrected chi connectivity index (χ3v) is 4.48. The number of amides is 2. The maximum atomic E-state index is 12.3. The second-order valence-electron chi connectivity index (χ2n) is 7.91. The smallest absolute Gasteiger partial charge is 0.251 e. The molecule has 1 aliphatic heterocycles. The van der Waals surface area contributed by atoms with E-state index in [1.54, 1.807) is 12.1 Å². The molecule has 0 unspecified atom stereocenters. The largest absolute Gasteiger partial charge is 0.493 e. The second-order valence-corrected chi connectivity index (χ2v) is 7.91. The molecule has 0 bridgehead atoms. The number of carbonyl (C=O) groups is 2. The third-order valence-electron chi connectivity index (χ3n) is 4.48. The lowest BCUT2D eigenvalue weighted by atomic mass is 9.98. The Balaban J connectivity index is 1.82. The van der Waals surface area contributed by atoms with Gasteiger partial charge in [0.1, 0.15) is 5.75 Å². The zero-order chi connectivity index (χ0) is 19.1. The van der Waals surface area contributed by atoms with E-state index in [0.29, 0.717) is 30.4 Å². The van der Waals surface area contributed by atoms with Crippen molar-refractivity contribution in [3.8, 4) is 5.75 Å². The van der Waals surface area contributed by atoms with Gasteiger partial charge < -0.3 is 15.0 Å². The van der Waals surface area contributed by atoms with Crippen LogP contribution >= 0.6 is 0 Å². The van der Waals surface area contributed by atoms with Gasteiger partial charge in [-0.1, -0.05) is 13.8 Å². The lowest BCUT2D eigenvalue weighted by Gasteiger charge is -2.33. The van der Waals surface area contributed by atoms with Crippen molar-refractivity contribution < 1.29 is 14.3 Å². The van der Waals surface area contributed by atoms with Crippen LogP contribution in [0.5, 0.6) is 5.75 Å². The predicted molar refractivity (Wildman–Crippen MR) is 103 cm³/mol. The second kappa shape index (κ2) is 9.60. The summed E-state index contributed by atoms with van der Waals surface area (Å²) in [6.07, 6.45) is 2.74. The van der Waals surface area contributed by atoms with Gasteiger partial charge in [0.2, 0.25) is 5.91 Å². The summed E-state index contributed by atoms with van der Waals surface area (Å²) in [6, 6.07) is 7.35. The molecule has 5 nitrogen and oxygen atoms in total. The Morgan fingerprint density at radius 3 is 2.50 bits per heavy atom. The fraction of sp³-hybridized carbons (Fsp3) is 0.619. The van der Waals surface area contributed by atoms with Crippen LogP contribution in [-0.4, -0.2) is 42.5 Å². The first kappa shape index (κ1) is 20.3. The first-order valence-electron chi connectivity index (χ1n) is 9.66. The van der Waals surface area contributed by atoms with Gasteiger partial charge in [0, 0.05) is 37.0 Å². The normalized spacial score (nSPS) is 17.5. The van der Waals surface area contributed by atoms with Crippen LogP contribution in [0, 0.1) is 11.8 Å². The van der Waals surface area contributed by atoms with Crippen molar-refractivity contribution in [2.45, 2.75) is 53.0 Å². The molecule has 0 aromatic heterocycles. The van der Waals surface area contributed by atoms with Crippen LogP contribution in [-0.2, 0) is 4.79 Å². The van der Waals surface area contributed by atoms with Crippen LogP contribution in [0.3, 0.4) is 0 Å². The summed E-state index contributed by atoms with van der Waals surface area (Å²) in [5.41, 5.74) is 0.633. The molecule has 144 valence electrons. The zero-order valence-electron chi connectivity index (χ0n) is 16.5. The van der Waals surface area contributed by atoms with Gasteiger partial charge in [-0.2, -0.15) is 0 Å². The Morgan fingerprint density at radius 1 is 1.19 bits per heavy atom. The molecule has 1 heterocycles. The highest BCUT2D eigenvalue weighted by Gasteiger charge is 2.24. The van der Waals surface area contributed by atoms with Gasteiger partial charge in [0.15, 0.2) is 0 Å². The number of piperidine rings is 1. The van der Waals surface area contributed by atoms with Crippen LogP contribution in [0.1, 0.15) is 57.3 Å². The lowest BCUT2D eigenvalue weighted by molar-refractivity contribution is -0.134. The maximum Gasteiger partial charge on any atom is 0.251 e. The van der Waals surface area contributed by atoms with E-state index in [9.17, 15) is 9.59 Å². The number of benzene rings is 1. The van der Waals surface area contributed by atoms with Crippen molar-refractivity contribution in [3.05, 3.63) is 29.8 Å². The summed E-state index contributed by atoms with van der Waals surface area (Å²) in [6.45, 7) is 10.3. The van der Waals surface area contributed by atoms with Crippen molar-refractivity contribution in [2.24, 2.45) is 11.8 Å². The number of rotatable bonds is 7. The highest BCUT2D eigenvalue weighted by atomic mass is 16.5. The number of carbonyl (C=O) groups excluding carboxylic acids is 2. The number of nitrogens with one attached hydrogen (secondary N) is 1. The molecule has 1 fully saturated rings. The predicted octanol–water partition coefficient (Wildman–Crippen LogP) is 3.49. The van der Waals surface area contributed by atoms with Crippen LogP contribution in [0.15, 0.2) is 24.3 Å². The molecule has 26 heavy (non-hydrogen) atoms. The highest BCUT2D eigenvalue weighted by molar-refractivity contribution is 5.94. The van der Waals surface area contributed by atoms with Crippen LogP contribution in [0.25, 0.3) is 0 Å². The average Bonchev–Trinajstić information content (AvgIpc) is 2.59. The topological polar surface area (TPSA) is 58.6 Å². The summed E-state index contributed by atoms with van der Waals surface area (Å²) < 4.78 is 5.90. The summed E-state index contributed by atoms with van der Waals surface area (Å²) >= 11 is 0. The van der Waals surface area contributed by atoms with E-state index < -0.39 is 0 Å². The van der Waals surface area contributed by atoms with Gasteiger partial charge in [-0.25, -0.2) is 0 Å². The van der Waals surface area contributed by atoms with E-state index in [2.05, 4.69) is 19.2 Å². The zero-order valence-corrected chi connectivity index (χ0v) is 16.5. The van der Waals surface area contributed by atoms with Crippen molar-refractivity contribution in [2.75, 3.05) is 19.7 Å². The Morgan fingerprint density at radius 2 is 1.88 bits per heavy atom. The summed E-state index contributed by atoms with van der Waals surface area (Å²) in [4.78, 5) is 26.2. The Hall–Kier alpha value is -2.04. The van der Waals surface area contributed by atoms with Crippen molar-refractivity contribution in [3.63, 3.8) is 0 Å². The standard InChI is InChI=1S/C21H32N2O3/c1-15(2)12-20(24)23-11-5-6-17(13-23)14-26-19-9-7-18(8-10-19)21(25)22-16(3)4/h7-10,15-17H,5-6,11-14H2,1-4H3,(H,22,25)/t17-/m0/s1. The van der Waals surface area contributed by atoms with Gasteiger partial charge in [-0.3, -0.25) is 9.59 Å². The molecule has 2 rings (SSSR count). The Labute approximate surface area is 157 Å². The third kappa shape index (κ3) is 6.36. The van der Waals surface area contributed by atoms with E-state index in [0.717, 1.165) is 31.7 Å². The van der Waals surface area contributed by atoms with E-state index in [1.165, 1.54) is 0 Å². The van der Waals surface area contributed by atoms with Gasteiger partial charge in [-0.05, 0) is 56.9 Å². The fourth-order valence-electron chi connectivity index (χ4n) is 3.17. The average molecular weight is 360 g/mol. The fourth-order valence-corrected chi connectivity index (χ4v) is 3.17. The molecule has 1 saturated heterocycles. The summed E-state index contributed by atoms with van der Waals surface area (Å²) in [7, 11) is 0. The summed E-state index contributed by atoms with van der Waals surface area (Å²) in [5.74, 6) is 1.70. The highest BCUT2D eigenvalue weighted by Crippen LogP contribution is 2.20. The molecule has 1 aromatic rings. The molecular weight excluding hydrogens is 328 g/mol. The molecule has 1 atom stereocenters. The Kier molecular flexibility index (Phi) is 7.49. The van der Waals surface area contributed by atoms with Crippen LogP contribution < -0.4 is 10.1 Å². The number of hydrogen-bond acceptors (Lipinski definition) is 3. The minimum Gasteiger partial charge on any atom is -0.493 e. The molecule has 1 aromatic carbocycles. The minimum atomic E-state index is -0.0712. The van der Waals surface area contributed by atoms with E-state index in [1.807, 2.05) is 30.9 Å². The number of hydrogen-bond donors (Lipinski definition) is 1. The number of ether oxygens (including phenoxy) is 1. The van der Waals surface area contributed by atoms with Gasteiger partial charge in [-0.15, -0.1) is 0 Å². The number of nitrogens with zero attached hydrogens (tertiary/aromatic N) is 1. The molecule has 1 aliphatic rings. The van der Waals surface area contributed by atoms with E-state index in [4.69, 9.17) is 4.74 Å². The van der Waals surface area contributed by atoms with Gasteiger partial charge in [0.05, 0.1) is 6.61 Å². The van der Waals surface area contributed by atoms with E-state index in [-0.39, 0.29) is 17.9 Å². The maximum absolute atomic E-state index is 12.3. The SMILES string of the molecule is CC(C)CC(=O)N1CCC[C@H](COc2ccc(C(=O)NC(C)C)cc2)C1. The first-order valence-corrected chi connectivity index (χ1v) is 9.66. The molecular formula is C21H32N2O3. The molecule has 0 radical (unpaired) electrons.